The van der Waals surface area contributed by atoms with Gasteiger partial charge in [0.15, 0.2) is 0 Å². The van der Waals surface area contributed by atoms with Crippen LogP contribution in [-0.2, 0) is 4.79 Å². The second kappa shape index (κ2) is 5.81. The number of rotatable bonds is 3. The molecule has 1 atom stereocenters. The number of nitro groups is 1. The number of nitro benzene ring substituents is 1. The van der Waals surface area contributed by atoms with Crippen molar-refractivity contribution in [3.05, 3.63) is 34.4 Å². The zero-order valence-electron chi connectivity index (χ0n) is 12.5. The first-order chi connectivity index (χ1) is 9.79. The second-order valence-electron chi connectivity index (χ2n) is 6.19. The Labute approximate surface area is 123 Å². The fourth-order valence-electron chi connectivity index (χ4n) is 2.63. The van der Waals surface area contributed by atoms with Crippen LogP contribution in [0.1, 0.15) is 33.6 Å². The summed E-state index contributed by atoms with van der Waals surface area (Å²) < 4.78 is 5.36. The Morgan fingerprint density at radius 2 is 1.95 bits per heavy atom. The Morgan fingerprint density at radius 3 is 2.48 bits per heavy atom. The molecule has 6 nitrogen and oxygen atoms in total. The highest BCUT2D eigenvalue weighted by Gasteiger charge is 2.38. The highest BCUT2D eigenvalue weighted by Crippen LogP contribution is 2.28. The lowest BCUT2D eigenvalue weighted by atomic mass is 10.0. The summed E-state index contributed by atoms with van der Waals surface area (Å²) in [7, 11) is 0. The van der Waals surface area contributed by atoms with Crippen LogP contribution in [0.4, 0.5) is 5.69 Å². The van der Waals surface area contributed by atoms with Gasteiger partial charge in [0.2, 0.25) is 0 Å². The standard InChI is InChI=1S/C15H20N2O4/c1-15(2,3)16-10-4-5-13(16)14(18)21-12-8-6-11(7-9-12)17(19)20/h6-9,13H,4-5,10H2,1-3H3. The first-order valence-corrected chi connectivity index (χ1v) is 7.02. The van der Waals surface area contributed by atoms with Crippen LogP contribution in [0.25, 0.3) is 0 Å². The molecule has 2 rings (SSSR count). The van der Waals surface area contributed by atoms with Gasteiger partial charge in [-0.25, -0.2) is 4.79 Å². The molecule has 0 aliphatic carbocycles. The fraction of sp³-hybridized carbons (Fsp3) is 0.533. The van der Waals surface area contributed by atoms with Crippen LogP contribution < -0.4 is 4.74 Å². The zero-order chi connectivity index (χ0) is 15.6. The van der Waals surface area contributed by atoms with Gasteiger partial charge in [0.05, 0.1) is 4.92 Å². The van der Waals surface area contributed by atoms with Gasteiger partial charge in [-0.2, -0.15) is 0 Å². The lowest BCUT2D eigenvalue weighted by Gasteiger charge is -2.35. The van der Waals surface area contributed by atoms with Crippen molar-refractivity contribution >= 4 is 11.7 Å². The second-order valence-corrected chi connectivity index (χ2v) is 6.19. The molecule has 1 fully saturated rings. The summed E-state index contributed by atoms with van der Waals surface area (Å²) in [6.45, 7) is 7.10. The van der Waals surface area contributed by atoms with Crippen LogP contribution in [0.3, 0.4) is 0 Å². The van der Waals surface area contributed by atoms with Crippen molar-refractivity contribution in [3.63, 3.8) is 0 Å². The molecule has 1 unspecified atom stereocenters. The topological polar surface area (TPSA) is 72.7 Å². The molecule has 6 heteroatoms. The Kier molecular flexibility index (Phi) is 4.27. The fourth-order valence-corrected chi connectivity index (χ4v) is 2.63. The smallest absolute Gasteiger partial charge is 0.328 e. The summed E-state index contributed by atoms with van der Waals surface area (Å²) in [6.07, 6.45) is 1.75. The van der Waals surface area contributed by atoms with Crippen molar-refractivity contribution in [1.29, 1.82) is 0 Å². The molecule has 1 saturated heterocycles. The lowest BCUT2D eigenvalue weighted by molar-refractivity contribution is -0.384. The van der Waals surface area contributed by atoms with Gasteiger partial charge in [0.1, 0.15) is 11.8 Å². The molecular weight excluding hydrogens is 272 g/mol. The molecule has 1 heterocycles. The minimum absolute atomic E-state index is 0.0213. The van der Waals surface area contributed by atoms with E-state index in [1.54, 1.807) is 0 Å². The van der Waals surface area contributed by atoms with E-state index in [4.69, 9.17) is 4.74 Å². The van der Waals surface area contributed by atoms with E-state index < -0.39 is 4.92 Å². The lowest BCUT2D eigenvalue weighted by Crippen LogP contribution is -2.49. The normalized spacial score (nSPS) is 19.5. The number of carbonyl (C=O) groups is 1. The number of carbonyl (C=O) groups excluding carboxylic acids is 1. The maximum Gasteiger partial charge on any atom is 0.328 e. The Bertz CT molecular complexity index is 534. The van der Waals surface area contributed by atoms with E-state index in [0.717, 1.165) is 19.4 Å². The van der Waals surface area contributed by atoms with Crippen LogP contribution in [0.15, 0.2) is 24.3 Å². The van der Waals surface area contributed by atoms with Crippen LogP contribution >= 0.6 is 0 Å². The van der Waals surface area contributed by atoms with Crippen LogP contribution in [0.5, 0.6) is 5.75 Å². The molecule has 0 spiro atoms. The summed E-state index contributed by atoms with van der Waals surface area (Å²) in [5.41, 5.74) is -0.109. The van der Waals surface area contributed by atoms with Gasteiger partial charge < -0.3 is 4.74 Å². The molecule has 1 aliphatic heterocycles. The van der Waals surface area contributed by atoms with E-state index in [1.807, 2.05) is 0 Å². The highest BCUT2D eigenvalue weighted by molar-refractivity contribution is 5.78. The maximum absolute atomic E-state index is 12.3. The number of hydrogen-bond acceptors (Lipinski definition) is 5. The summed E-state index contributed by atoms with van der Waals surface area (Å²) in [6, 6.07) is 5.32. The summed E-state index contributed by atoms with van der Waals surface area (Å²) in [4.78, 5) is 24.5. The molecule has 0 N–H and O–H groups in total. The Balaban J connectivity index is 2.05. The van der Waals surface area contributed by atoms with Crippen molar-refractivity contribution in [2.75, 3.05) is 6.54 Å². The van der Waals surface area contributed by atoms with Crippen molar-refractivity contribution in [2.24, 2.45) is 0 Å². The summed E-state index contributed by atoms with van der Waals surface area (Å²) >= 11 is 0. The molecule has 0 aromatic heterocycles. The number of likely N-dealkylation sites (tertiary alicyclic amines) is 1. The predicted molar refractivity (Wildman–Crippen MR) is 78.2 cm³/mol. The van der Waals surface area contributed by atoms with E-state index in [-0.39, 0.29) is 23.2 Å². The van der Waals surface area contributed by atoms with E-state index in [2.05, 4.69) is 25.7 Å². The largest absolute Gasteiger partial charge is 0.425 e. The van der Waals surface area contributed by atoms with Crippen molar-refractivity contribution < 1.29 is 14.5 Å². The third kappa shape index (κ3) is 3.58. The van der Waals surface area contributed by atoms with Gasteiger partial charge in [-0.15, -0.1) is 0 Å². The van der Waals surface area contributed by atoms with Gasteiger partial charge >= 0.3 is 5.97 Å². The Morgan fingerprint density at radius 1 is 1.33 bits per heavy atom. The van der Waals surface area contributed by atoms with Gasteiger partial charge in [0.25, 0.3) is 5.69 Å². The highest BCUT2D eigenvalue weighted by atomic mass is 16.6. The molecule has 0 bridgehead atoms. The van der Waals surface area contributed by atoms with Gasteiger partial charge in [-0.1, -0.05) is 0 Å². The number of non-ortho nitro benzene ring substituents is 1. The minimum atomic E-state index is -0.482. The molecular formula is C15H20N2O4. The molecule has 0 radical (unpaired) electrons. The molecule has 0 amide bonds. The number of esters is 1. The van der Waals surface area contributed by atoms with E-state index in [0.29, 0.717) is 5.75 Å². The molecule has 0 saturated carbocycles. The number of hydrogen-bond donors (Lipinski definition) is 0. The van der Waals surface area contributed by atoms with Crippen LogP contribution in [0, 0.1) is 10.1 Å². The molecule has 114 valence electrons. The monoisotopic (exact) mass is 292 g/mol. The van der Waals surface area contributed by atoms with E-state index >= 15 is 0 Å². The number of ether oxygens (including phenoxy) is 1. The molecule has 1 aromatic carbocycles. The molecule has 1 aromatic rings. The molecule has 21 heavy (non-hydrogen) atoms. The van der Waals surface area contributed by atoms with Crippen LogP contribution in [0.2, 0.25) is 0 Å². The van der Waals surface area contributed by atoms with Gasteiger partial charge in [-0.3, -0.25) is 15.0 Å². The SMILES string of the molecule is CC(C)(C)N1CCCC1C(=O)Oc1ccc([N+](=O)[O-])cc1. The first-order valence-electron chi connectivity index (χ1n) is 7.02. The third-order valence-corrected chi connectivity index (χ3v) is 3.65. The third-order valence-electron chi connectivity index (χ3n) is 3.65. The van der Waals surface area contributed by atoms with E-state index in [1.165, 1.54) is 24.3 Å². The summed E-state index contributed by atoms with van der Waals surface area (Å²) in [5, 5.41) is 10.6. The Hall–Kier alpha value is -1.95. The minimum Gasteiger partial charge on any atom is -0.425 e. The van der Waals surface area contributed by atoms with Gasteiger partial charge in [-0.05, 0) is 52.3 Å². The number of benzene rings is 1. The van der Waals surface area contributed by atoms with Crippen molar-refractivity contribution in [2.45, 2.75) is 45.2 Å². The quantitative estimate of drug-likeness (QED) is 0.371. The van der Waals surface area contributed by atoms with Gasteiger partial charge in [0, 0.05) is 17.7 Å². The number of nitrogens with zero attached hydrogens (tertiary/aromatic N) is 2. The van der Waals surface area contributed by atoms with Crippen LogP contribution in [-0.4, -0.2) is 33.9 Å². The molecule has 1 aliphatic rings. The summed E-state index contributed by atoms with van der Waals surface area (Å²) in [5.74, 6) is 0.0441. The average molecular weight is 292 g/mol. The van der Waals surface area contributed by atoms with Crippen molar-refractivity contribution in [3.8, 4) is 5.75 Å². The van der Waals surface area contributed by atoms with E-state index in [9.17, 15) is 14.9 Å². The average Bonchev–Trinajstić information content (AvgIpc) is 2.88. The maximum atomic E-state index is 12.3. The predicted octanol–water partition coefficient (Wildman–Crippen LogP) is 2.76. The first kappa shape index (κ1) is 15.4. The zero-order valence-corrected chi connectivity index (χ0v) is 12.5. The van der Waals surface area contributed by atoms with Crippen molar-refractivity contribution in [1.82, 2.24) is 4.90 Å².